The summed E-state index contributed by atoms with van der Waals surface area (Å²) in [6, 6.07) is 0.276. The lowest BCUT2D eigenvalue weighted by Gasteiger charge is -2.36. The summed E-state index contributed by atoms with van der Waals surface area (Å²) >= 11 is 0. The van der Waals surface area contributed by atoms with Crippen LogP contribution in [0.2, 0.25) is 0 Å². The Morgan fingerprint density at radius 2 is 1.75 bits per heavy atom. The predicted octanol–water partition coefficient (Wildman–Crippen LogP) is 3.10. The number of hydrogen-bond donors (Lipinski definition) is 1. The Morgan fingerprint density at radius 1 is 1.06 bits per heavy atom. The molecule has 2 aliphatic rings. The molecule has 2 aliphatic carbocycles. The third kappa shape index (κ3) is 2.98. The van der Waals surface area contributed by atoms with E-state index in [9.17, 15) is 0 Å². The molecule has 0 aliphatic heterocycles. The summed E-state index contributed by atoms with van der Waals surface area (Å²) in [5.74, 6) is 1.63. The SMILES string of the molecule is COC(C(N)CC1CCC1)C1CCCCC1. The van der Waals surface area contributed by atoms with Gasteiger partial charge in [0.05, 0.1) is 6.10 Å². The van der Waals surface area contributed by atoms with Crippen LogP contribution in [-0.4, -0.2) is 19.3 Å². The highest BCUT2D eigenvalue weighted by Crippen LogP contribution is 2.34. The predicted molar refractivity (Wildman–Crippen MR) is 67.3 cm³/mol. The molecule has 0 aromatic carbocycles. The molecule has 2 nitrogen and oxygen atoms in total. The molecule has 0 saturated heterocycles. The summed E-state index contributed by atoms with van der Waals surface area (Å²) in [6.45, 7) is 0. The average Bonchev–Trinajstić information content (AvgIpc) is 2.26. The van der Waals surface area contributed by atoms with E-state index in [1.807, 2.05) is 7.11 Å². The summed E-state index contributed by atoms with van der Waals surface area (Å²) in [4.78, 5) is 0. The summed E-state index contributed by atoms with van der Waals surface area (Å²) in [5, 5.41) is 0. The lowest BCUT2D eigenvalue weighted by atomic mass is 9.76. The molecular weight excluding hydrogens is 198 g/mol. The van der Waals surface area contributed by atoms with Gasteiger partial charge in [0.2, 0.25) is 0 Å². The molecule has 2 atom stereocenters. The van der Waals surface area contributed by atoms with Gasteiger partial charge in [-0.25, -0.2) is 0 Å². The van der Waals surface area contributed by atoms with Crippen LogP contribution < -0.4 is 5.73 Å². The van der Waals surface area contributed by atoms with Gasteiger partial charge in [0.25, 0.3) is 0 Å². The first-order valence-corrected chi connectivity index (χ1v) is 7.09. The number of ether oxygens (including phenoxy) is 1. The first kappa shape index (κ1) is 12.4. The van der Waals surface area contributed by atoms with Crippen molar-refractivity contribution in [3.05, 3.63) is 0 Å². The van der Waals surface area contributed by atoms with Crippen molar-refractivity contribution in [1.82, 2.24) is 0 Å². The van der Waals surface area contributed by atoms with Crippen LogP contribution in [-0.2, 0) is 4.74 Å². The van der Waals surface area contributed by atoms with Crippen molar-refractivity contribution in [2.24, 2.45) is 17.6 Å². The minimum absolute atomic E-state index is 0.276. The maximum Gasteiger partial charge on any atom is 0.0750 e. The second-order valence-corrected chi connectivity index (χ2v) is 5.79. The molecule has 2 saturated carbocycles. The fourth-order valence-electron chi connectivity index (χ4n) is 3.43. The van der Waals surface area contributed by atoms with Crippen LogP contribution in [0.15, 0.2) is 0 Å². The van der Waals surface area contributed by atoms with E-state index in [1.54, 1.807) is 0 Å². The van der Waals surface area contributed by atoms with E-state index in [1.165, 1.54) is 57.8 Å². The van der Waals surface area contributed by atoms with Crippen molar-refractivity contribution < 1.29 is 4.74 Å². The van der Waals surface area contributed by atoms with Crippen LogP contribution in [0.4, 0.5) is 0 Å². The highest BCUT2D eigenvalue weighted by Gasteiger charge is 2.31. The molecule has 2 unspecified atom stereocenters. The van der Waals surface area contributed by atoms with Crippen LogP contribution in [0.3, 0.4) is 0 Å². The van der Waals surface area contributed by atoms with Crippen molar-refractivity contribution in [3.8, 4) is 0 Å². The molecule has 0 spiro atoms. The van der Waals surface area contributed by atoms with E-state index in [4.69, 9.17) is 10.5 Å². The Labute approximate surface area is 99.9 Å². The van der Waals surface area contributed by atoms with Gasteiger partial charge >= 0.3 is 0 Å². The molecule has 16 heavy (non-hydrogen) atoms. The molecule has 0 aromatic rings. The number of nitrogens with two attached hydrogens (primary N) is 1. The maximum absolute atomic E-state index is 6.34. The fourth-order valence-corrected chi connectivity index (χ4v) is 3.43. The lowest BCUT2D eigenvalue weighted by Crippen LogP contribution is -2.44. The Kier molecular flexibility index (Phi) is 4.66. The van der Waals surface area contributed by atoms with Crippen molar-refractivity contribution in [2.45, 2.75) is 69.9 Å². The average molecular weight is 225 g/mol. The number of methoxy groups -OCH3 is 1. The van der Waals surface area contributed by atoms with Crippen LogP contribution in [0.25, 0.3) is 0 Å². The topological polar surface area (TPSA) is 35.2 Å². The molecule has 2 rings (SSSR count). The van der Waals surface area contributed by atoms with E-state index in [2.05, 4.69) is 0 Å². The summed E-state index contributed by atoms with van der Waals surface area (Å²) in [7, 11) is 1.85. The minimum Gasteiger partial charge on any atom is -0.380 e. The molecule has 2 N–H and O–H groups in total. The molecule has 0 amide bonds. The Hall–Kier alpha value is -0.0800. The molecule has 2 heteroatoms. The van der Waals surface area contributed by atoms with E-state index in [-0.39, 0.29) is 6.04 Å². The van der Waals surface area contributed by atoms with Gasteiger partial charge in [0.15, 0.2) is 0 Å². The monoisotopic (exact) mass is 225 g/mol. The minimum atomic E-state index is 0.276. The molecular formula is C14H27NO. The van der Waals surface area contributed by atoms with Gasteiger partial charge in [0.1, 0.15) is 0 Å². The van der Waals surface area contributed by atoms with Gasteiger partial charge < -0.3 is 10.5 Å². The van der Waals surface area contributed by atoms with Gasteiger partial charge in [-0.2, -0.15) is 0 Å². The first-order chi connectivity index (χ1) is 7.81. The second kappa shape index (κ2) is 6.02. The van der Waals surface area contributed by atoms with Gasteiger partial charge in [-0.3, -0.25) is 0 Å². The van der Waals surface area contributed by atoms with Gasteiger partial charge in [-0.05, 0) is 31.1 Å². The van der Waals surface area contributed by atoms with Crippen molar-refractivity contribution in [2.75, 3.05) is 7.11 Å². The normalized spacial score (nSPS) is 27.4. The van der Waals surface area contributed by atoms with Crippen molar-refractivity contribution in [3.63, 3.8) is 0 Å². The largest absolute Gasteiger partial charge is 0.380 e. The quantitative estimate of drug-likeness (QED) is 0.780. The molecule has 94 valence electrons. The lowest BCUT2D eigenvalue weighted by molar-refractivity contribution is 0.00902. The second-order valence-electron chi connectivity index (χ2n) is 5.79. The van der Waals surface area contributed by atoms with Gasteiger partial charge in [-0.15, -0.1) is 0 Å². The van der Waals surface area contributed by atoms with E-state index in [0.717, 1.165) is 11.8 Å². The van der Waals surface area contributed by atoms with Crippen LogP contribution >= 0.6 is 0 Å². The smallest absolute Gasteiger partial charge is 0.0750 e. The molecule has 0 aromatic heterocycles. The van der Waals surface area contributed by atoms with Crippen molar-refractivity contribution in [1.29, 1.82) is 0 Å². The first-order valence-electron chi connectivity index (χ1n) is 7.09. The summed E-state index contributed by atoms with van der Waals surface area (Å²) in [6.07, 6.45) is 12.5. The molecule has 2 fully saturated rings. The highest BCUT2D eigenvalue weighted by atomic mass is 16.5. The Bertz CT molecular complexity index is 197. The third-order valence-electron chi connectivity index (χ3n) is 4.64. The zero-order chi connectivity index (χ0) is 11.4. The fraction of sp³-hybridized carbons (Fsp3) is 1.00. The zero-order valence-electron chi connectivity index (χ0n) is 10.7. The standard InChI is InChI=1S/C14H27NO/c1-16-14(12-8-3-2-4-9-12)13(15)10-11-6-5-7-11/h11-14H,2-10,15H2,1H3. The summed E-state index contributed by atoms with van der Waals surface area (Å²) < 4.78 is 5.70. The Balaban J connectivity index is 1.81. The van der Waals surface area contributed by atoms with Crippen LogP contribution in [0.1, 0.15) is 57.8 Å². The Morgan fingerprint density at radius 3 is 2.25 bits per heavy atom. The molecule has 0 radical (unpaired) electrons. The maximum atomic E-state index is 6.34. The number of rotatable bonds is 5. The number of hydrogen-bond acceptors (Lipinski definition) is 2. The van der Waals surface area contributed by atoms with Gasteiger partial charge in [0, 0.05) is 13.2 Å². The molecule has 0 heterocycles. The van der Waals surface area contributed by atoms with Gasteiger partial charge in [-0.1, -0.05) is 38.5 Å². The van der Waals surface area contributed by atoms with E-state index in [0.29, 0.717) is 6.10 Å². The highest BCUT2D eigenvalue weighted by molar-refractivity contribution is 4.85. The third-order valence-corrected chi connectivity index (χ3v) is 4.64. The molecule has 0 bridgehead atoms. The van der Waals surface area contributed by atoms with Crippen LogP contribution in [0, 0.1) is 11.8 Å². The van der Waals surface area contributed by atoms with E-state index >= 15 is 0 Å². The summed E-state index contributed by atoms with van der Waals surface area (Å²) in [5.41, 5.74) is 6.34. The van der Waals surface area contributed by atoms with Crippen LogP contribution in [0.5, 0.6) is 0 Å². The van der Waals surface area contributed by atoms with Crippen molar-refractivity contribution >= 4 is 0 Å². The zero-order valence-corrected chi connectivity index (χ0v) is 10.7. The van der Waals surface area contributed by atoms with E-state index < -0.39 is 0 Å².